The molecular weight excluding hydrogens is 274 g/mol. The summed E-state index contributed by atoms with van der Waals surface area (Å²) in [5.41, 5.74) is 1.19. The summed E-state index contributed by atoms with van der Waals surface area (Å²) in [4.78, 5) is 4.36. The lowest BCUT2D eigenvalue weighted by Gasteiger charge is -2.08. The van der Waals surface area contributed by atoms with Crippen LogP contribution < -0.4 is 5.32 Å². The topological polar surface area (TPSA) is 82.8 Å². The number of nitriles is 1. The van der Waals surface area contributed by atoms with Crippen molar-refractivity contribution in [1.82, 2.24) is 4.98 Å². The van der Waals surface area contributed by atoms with Crippen molar-refractivity contribution in [3.05, 3.63) is 35.9 Å². The number of aromatic nitrogens is 1. The van der Waals surface area contributed by atoms with Crippen LogP contribution in [-0.4, -0.2) is 31.5 Å². The molecule has 0 amide bonds. The van der Waals surface area contributed by atoms with E-state index in [0.717, 1.165) is 10.9 Å². The molecule has 104 valence electrons. The smallest absolute Gasteiger partial charge is 0.151 e. The van der Waals surface area contributed by atoms with Crippen LogP contribution in [0.1, 0.15) is 12.5 Å². The predicted octanol–water partition coefficient (Wildman–Crippen LogP) is 1.95. The van der Waals surface area contributed by atoms with Crippen LogP contribution in [-0.2, 0) is 9.84 Å². The molecule has 0 atom stereocenters. The van der Waals surface area contributed by atoms with Crippen LogP contribution in [0.25, 0.3) is 10.9 Å². The van der Waals surface area contributed by atoms with Crippen LogP contribution in [0.15, 0.2) is 30.3 Å². The van der Waals surface area contributed by atoms with Gasteiger partial charge in [0.15, 0.2) is 9.84 Å². The van der Waals surface area contributed by atoms with Crippen LogP contribution in [0.4, 0.5) is 5.82 Å². The second-order valence-corrected chi connectivity index (χ2v) is 6.82. The van der Waals surface area contributed by atoms with E-state index < -0.39 is 9.84 Å². The number of hydrogen-bond acceptors (Lipinski definition) is 5. The number of sulfone groups is 1. The van der Waals surface area contributed by atoms with Crippen LogP contribution in [0.2, 0.25) is 0 Å². The first-order chi connectivity index (χ1) is 9.55. The van der Waals surface area contributed by atoms with E-state index in [9.17, 15) is 8.42 Å². The Hall–Kier alpha value is -2.13. The minimum Gasteiger partial charge on any atom is -0.368 e. The van der Waals surface area contributed by atoms with Crippen molar-refractivity contribution in [2.24, 2.45) is 0 Å². The Labute approximate surface area is 118 Å². The van der Waals surface area contributed by atoms with Gasteiger partial charge in [0.05, 0.1) is 16.8 Å². The van der Waals surface area contributed by atoms with Gasteiger partial charge < -0.3 is 5.32 Å². The number of pyridine rings is 1. The third kappa shape index (κ3) is 3.25. The van der Waals surface area contributed by atoms with Gasteiger partial charge in [0.1, 0.15) is 11.9 Å². The number of nitrogens with one attached hydrogen (secondary N) is 1. The van der Waals surface area contributed by atoms with E-state index >= 15 is 0 Å². The van der Waals surface area contributed by atoms with E-state index in [1.54, 1.807) is 13.0 Å². The Morgan fingerprint density at radius 2 is 2.10 bits per heavy atom. The number of anilines is 1. The summed E-state index contributed by atoms with van der Waals surface area (Å²) >= 11 is 0. The first kappa shape index (κ1) is 14.3. The van der Waals surface area contributed by atoms with E-state index in [1.165, 1.54) is 0 Å². The molecule has 0 saturated heterocycles. The fourth-order valence-corrected chi connectivity index (χ4v) is 2.51. The Balaban J connectivity index is 2.23. The van der Waals surface area contributed by atoms with E-state index in [2.05, 4.69) is 16.4 Å². The van der Waals surface area contributed by atoms with Gasteiger partial charge in [-0.2, -0.15) is 5.26 Å². The van der Waals surface area contributed by atoms with Gasteiger partial charge >= 0.3 is 0 Å². The molecule has 5 nitrogen and oxygen atoms in total. The molecule has 0 radical (unpaired) electrons. The number of nitrogens with zero attached hydrogens (tertiary/aromatic N) is 2. The second-order valence-electron chi connectivity index (χ2n) is 4.35. The summed E-state index contributed by atoms with van der Waals surface area (Å²) in [5, 5.41) is 13.0. The molecule has 1 aromatic heterocycles. The molecule has 20 heavy (non-hydrogen) atoms. The summed E-state index contributed by atoms with van der Waals surface area (Å²) in [6.45, 7) is 1.86. The summed E-state index contributed by atoms with van der Waals surface area (Å²) in [5.74, 6) is 0.575. The maximum absolute atomic E-state index is 11.4. The largest absolute Gasteiger partial charge is 0.368 e. The lowest BCUT2D eigenvalue weighted by atomic mass is 10.1. The molecule has 1 heterocycles. The van der Waals surface area contributed by atoms with Crippen molar-refractivity contribution < 1.29 is 8.42 Å². The highest BCUT2D eigenvalue weighted by atomic mass is 32.2. The van der Waals surface area contributed by atoms with Crippen molar-refractivity contribution >= 4 is 26.6 Å². The maximum atomic E-state index is 11.4. The van der Waals surface area contributed by atoms with Gasteiger partial charge in [0.2, 0.25) is 0 Å². The molecule has 0 fully saturated rings. The highest BCUT2D eigenvalue weighted by Gasteiger charge is 2.09. The van der Waals surface area contributed by atoms with E-state index in [1.807, 2.05) is 24.3 Å². The van der Waals surface area contributed by atoms with Gasteiger partial charge in [-0.05, 0) is 12.1 Å². The minimum absolute atomic E-state index is 0.0306. The van der Waals surface area contributed by atoms with Gasteiger partial charge in [-0.15, -0.1) is 0 Å². The van der Waals surface area contributed by atoms with E-state index in [-0.39, 0.29) is 18.1 Å². The van der Waals surface area contributed by atoms with Gasteiger partial charge in [-0.25, -0.2) is 13.4 Å². The number of para-hydroxylation sites is 1. The third-order valence-corrected chi connectivity index (χ3v) is 4.70. The SMILES string of the molecule is CCS(=O)(=O)CCNc1nc2ccccc2cc1C#N. The fourth-order valence-electron chi connectivity index (χ4n) is 1.81. The highest BCUT2D eigenvalue weighted by Crippen LogP contribution is 2.19. The quantitative estimate of drug-likeness (QED) is 0.909. The minimum atomic E-state index is -3.02. The summed E-state index contributed by atoms with van der Waals surface area (Å²) < 4.78 is 22.9. The first-order valence-corrected chi connectivity index (χ1v) is 8.12. The monoisotopic (exact) mass is 289 g/mol. The highest BCUT2D eigenvalue weighted by molar-refractivity contribution is 7.91. The summed E-state index contributed by atoms with van der Waals surface area (Å²) in [7, 11) is -3.02. The van der Waals surface area contributed by atoms with Crippen LogP contribution in [0, 0.1) is 11.3 Å². The van der Waals surface area contributed by atoms with E-state index in [4.69, 9.17) is 5.26 Å². The molecule has 0 aliphatic carbocycles. The van der Waals surface area contributed by atoms with Crippen molar-refractivity contribution in [1.29, 1.82) is 5.26 Å². The Kier molecular flexibility index (Phi) is 4.20. The molecule has 6 heteroatoms. The average molecular weight is 289 g/mol. The third-order valence-electron chi connectivity index (χ3n) is 2.99. The van der Waals surface area contributed by atoms with E-state index in [0.29, 0.717) is 11.4 Å². The zero-order valence-electron chi connectivity index (χ0n) is 11.1. The summed E-state index contributed by atoms with van der Waals surface area (Å²) in [6, 6.07) is 11.3. The molecule has 0 saturated carbocycles. The van der Waals surface area contributed by atoms with Crippen molar-refractivity contribution in [2.75, 3.05) is 23.4 Å². The Bertz CT molecular complexity index is 764. The Morgan fingerprint density at radius 3 is 2.80 bits per heavy atom. The second kappa shape index (κ2) is 5.88. The van der Waals surface area contributed by atoms with Crippen LogP contribution >= 0.6 is 0 Å². The number of rotatable bonds is 5. The number of fused-ring (bicyclic) bond motifs is 1. The molecule has 0 aliphatic rings. The standard InChI is InChI=1S/C14H15N3O2S/c1-2-20(18,19)8-7-16-14-12(10-15)9-11-5-3-4-6-13(11)17-14/h3-6,9H,2,7-8H2,1H3,(H,16,17). The molecule has 2 rings (SSSR count). The maximum Gasteiger partial charge on any atom is 0.151 e. The molecule has 0 spiro atoms. The normalized spacial score (nSPS) is 11.2. The molecule has 0 bridgehead atoms. The van der Waals surface area contributed by atoms with Crippen molar-refractivity contribution in [3.63, 3.8) is 0 Å². The fraction of sp³-hybridized carbons (Fsp3) is 0.286. The lowest BCUT2D eigenvalue weighted by molar-refractivity contribution is 0.597. The zero-order valence-corrected chi connectivity index (χ0v) is 11.9. The lowest BCUT2D eigenvalue weighted by Crippen LogP contribution is -2.18. The molecule has 1 N–H and O–H groups in total. The van der Waals surface area contributed by atoms with Gasteiger partial charge in [-0.3, -0.25) is 0 Å². The number of hydrogen-bond donors (Lipinski definition) is 1. The van der Waals surface area contributed by atoms with Gasteiger partial charge in [-0.1, -0.05) is 25.1 Å². The van der Waals surface area contributed by atoms with Gasteiger partial charge in [0.25, 0.3) is 0 Å². The first-order valence-electron chi connectivity index (χ1n) is 6.30. The average Bonchev–Trinajstić information content (AvgIpc) is 2.46. The number of benzene rings is 1. The Morgan fingerprint density at radius 1 is 1.35 bits per heavy atom. The van der Waals surface area contributed by atoms with Crippen molar-refractivity contribution in [2.45, 2.75) is 6.92 Å². The molecule has 0 aliphatic heterocycles. The van der Waals surface area contributed by atoms with Crippen LogP contribution in [0.3, 0.4) is 0 Å². The zero-order chi connectivity index (χ0) is 14.6. The molecule has 0 unspecified atom stereocenters. The van der Waals surface area contributed by atoms with Gasteiger partial charge in [0, 0.05) is 17.7 Å². The summed E-state index contributed by atoms with van der Waals surface area (Å²) in [6.07, 6.45) is 0. The predicted molar refractivity (Wildman–Crippen MR) is 79.3 cm³/mol. The molecule has 1 aromatic carbocycles. The molecule has 2 aromatic rings. The van der Waals surface area contributed by atoms with Crippen molar-refractivity contribution in [3.8, 4) is 6.07 Å². The van der Waals surface area contributed by atoms with Crippen LogP contribution in [0.5, 0.6) is 0 Å². The molecular formula is C14H15N3O2S.